The number of nitrogens with one attached hydrogen (secondary N) is 2. The van der Waals surface area contributed by atoms with Crippen LogP contribution in [0.2, 0.25) is 0 Å². The maximum atomic E-state index is 12.2. The molecule has 0 bridgehead atoms. The van der Waals surface area contributed by atoms with Crippen LogP contribution in [-0.4, -0.2) is 20.7 Å². The van der Waals surface area contributed by atoms with E-state index in [2.05, 4.69) is 20.7 Å². The maximum Gasteiger partial charge on any atom is 0.256 e. The Balaban J connectivity index is 1.68. The normalized spacial score (nSPS) is 16.4. The van der Waals surface area contributed by atoms with Gasteiger partial charge in [-0.2, -0.15) is 5.10 Å². The Morgan fingerprint density at radius 1 is 1.13 bits per heavy atom. The van der Waals surface area contributed by atoms with Crippen molar-refractivity contribution in [3.63, 3.8) is 0 Å². The van der Waals surface area contributed by atoms with Gasteiger partial charge >= 0.3 is 0 Å². The number of amides is 1. The van der Waals surface area contributed by atoms with Crippen LogP contribution in [0.15, 0.2) is 55.0 Å². The van der Waals surface area contributed by atoms with Crippen molar-refractivity contribution in [1.82, 2.24) is 20.1 Å². The van der Waals surface area contributed by atoms with E-state index in [4.69, 9.17) is 0 Å². The molecule has 1 atom stereocenters. The average Bonchev–Trinajstić information content (AvgIpc) is 3.01. The summed E-state index contributed by atoms with van der Waals surface area (Å²) in [6.45, 7) is 0. The lowest BCUT2D eigenvalue weighted by Gasteiger charge is -2.27. The Bertz CT molecular complexity index is 886. The Labute approximate surface area is 133 Å². The van der Waals surface area contributed by atoms with Gasteiger partial charge in [-0.15, -0.1) is 0 Å². The Morgan fingerprint density at radius 2 is 2.04 bits per heavy atom. The highest BCUT2D eigenvalue weighted by atomic mass is 16.2. The second-order valence-corrected chi connectivity index (χ2v) is 5.48. The number of anilines is 1. The van der Waals surface area contributed by atoms with Crippen molar-refractivity contribution >= 4 is 11.7 Å². The van der Waals surface area contributed by atoms with Gasteiger partial charge in [0.1, 0.15) is 12.0 Å². The minimum absolute atomic E-state index is 0.122. The van der Waals surface area contributed by atoms with Gasteiger partial charge in [-0.3, -0.25) is 9.48 Å². The number of rotatable bonds is 2. The Kier molecular flexibility index (Phi) is 3.08. The molecule has 3 aromatic rings. The first-order chi connectivity index (χ1) is 11.2. The summed E-state index contributed by atoms with van der Waals surface area (Å²) >= 11 is 0. The van der Waals surface area contributed by atoms with Crippen molar-refractivity contribution in [3.8, 4) is 11.1 Å². The molecule has 0 saturated carbocycles. The minimum atomic E-state index is -0.304. The van der Waals surface area contributed by atoms with Crippen LogP contribution in [0, 0.1) is 0 Å². The number of carbonyl (C=O) groups excluding carboxylic acids is 1. The lowest BCUT2D eigenvalue weighted by molar-refractivity contribution is 0.0935. The third kappa shape index (κ3) is 2.44. The molecule has 1 amide bonds. The molecule has 0 spiro atoms. The summed E-state index contributed by atoms with van der Waals surface area (Å²) in [4.78, 5) is 16.5. The van der Waals surface area contributed by atoms with Gasteiger partial charge in [-0.05, 0) is 29.3 Å². The van der Waals surface area contributed by atoms with Crippen molar-refractivity contribution in [2.45, 2.75) is 6.17 Å². The Morgan fingerprint density at radius 3 is 2.87 bits per heavy atom. The monoisotopic (exact) mass is 305 g/mol. The van der Waals surface area contributed by atoms with Crippen molar-refractivity contribution in [3.05, 3.63) is 66.1 Å². The number of hydrogen-bond donors (Lipinski definition) is 2. The third-order valence-corrected chi connectivity index (χ3v) is 3.87. The third-order valence-electron chi connectivity index (χ3n) is 3.87. The lowest BCUT2D eigenvalue weighted by Crippen LogP contribution is -2.38. The number of aromatic nitrogens is 3. The molecule has 1 unspecified atom stereocenters. The van der Waals surface area contributed by atoms with Crippen LogP contribution in [0.1, 0.15) is 22.1 Å². The number of aryl methyl sites for hydroxylation is 1. The van der Waals surface area contributed by atoms with Gasteiger partial charge in [0.25, 0.3) is 5.91 Å². The predicted octanol–water partition coefficient (Wildman–Crippen LogP) is 2.34. The Hall–Kier alpha value is -3.15. The topological polar surface area (TPSA) is 71.8 Å². The first-order valence-corrected chi connectivity index (χ1v) is 7.32. The van der Waals surface area contributed by atoms with Crippen molar-refractivity contribution < 1.29 is 4.79 Å². The quantitative estimate of drug-likeness (QED) is 0.762. The molecule has 6 nitrogen and oxygen atoms in total. The number of pyridine rings is 1. The summed E-state index contributed by atoms with van der Waals surface area (Å²) in [7, 11) is 1.89. The number of benzene rings is 1. The molecule has 3 heterocycles. The molecule has 2 N–H and O–H groups in total. The van der Waals surface area contributed by atoms with Crippen molar-refractivity contribution in [2.24, 2.45) is 7.05 Å². The molecular weight excluding hydrogens is 290 g/mol. The summed E-state index contributed by atoms with van der Waals surface area (Å²) < 4.78 is 1.77. The van der Waals surface area contributed by atoms with E-state index in [1.54, 1.807) is 23.0 Å². The summed E-state index contributed by atoms with van der Waals surface area (Å²) in [6, 6.07) is 11.5. The largest absolute Gasteiger partial charge is 0.346 e. The summed E-state index contributed by atoms with van der Waals surface area (Å²) in [5.41, 5.74) is 3.62. The van der Waals surface area contributed by atoms with Gasteiger partial charge in [0.05, 0.1) is 11.8 Å². The van der Waals surface area contributed by atoms with Gasteiger partial charge < -0.3 is 10.6 Å². The SMILES string of the molecule is Cn1cc(-c2cccc(C3NC(=O)c4cccnc4N3)c2)cn1. The van der Waals surface area contributed by atoms with E-state index in [0.717, 1.165) is 16.7 Å². The van der Waals surface area contributed by atoms with E-state index in [-0.39, 0.29) is 12.1 Å². The van der Waals surface area contributed by atoms with Crippen LogP contribution >= 0.6 is 0 Å². The molecule has 2 aromatic heterocycles. The first-order valence-electron chi connectivity index (χ1n) is 7.32. The number of hydrogen-bond acceptors (Lipinski definition) is 4. The fraction of sp³-hybridized carbons (Fsp3) is 0.118. The zero-order valence-corrected chi connectivity index (χ0v) is 12.5. The van der Waals surface area contributed by atoms with Gasteiger partial charge in [0.15, 0.2) is 0 Å². The zero-order chi connectivity index (χ0) is 15.8. The van der Waals surface area contributed by atoms with Gasteiger partial charge in [0, 0.05) is 25.0 Å². The molecule has 0 radical (unpaired) electrons. The zero-order valence-electron chi connectivity index (χ0n) is 12.5. The van der Waals surface area contributed by atoms with Crippen LogP contribution in [0.3, 0.4) is 0 Å². The fourth-order valence-electron chi connectivity index (χ4n) is 2.72. The number of carbonyl (C=O) groups is 1. The molecule has 0 aliphatic carbocycles. The highest BCUT2D eigenvalue weighted by Crippen LogP contribution is 2.27. The lowest BCUT2D eigenvalue weighted by atomic mass is 10.0. The van der Waals surface area contributed by atoms with E-state index in [0.29, 0.717) is 11.4 Å². The average molecular weight is 305 g/mol. The van der Waals surface area contributed by atoms with E-state index in [9.17, 15) is 4.79 Å². The molecule has 6 heteroatoms. The van der Waals surface area contributed by atoms with Gasteiger partial charge in [-0.1, -0.05) is 18.2 Å². The standard InChI is InChI=1S/C17H15N5O/c1-22-10-13(9-19-22)11-4-2-5-12(8-11)15-20-16-14(17(23)21-15)6-3-7-18-16/h2-10,15H,1H3,(H,18,20)(H,21,23). The number of nitrogens with zero attached hydrogens (tertiary/aromatic N) is 3. The summed E-state index contributed by atoms with van der Waals surface area (Å²) in [6.07, 6.45) is 5.15. The van der Waals surface area contributed by atoms with Crippen LogP contribution in [0.4, 0.5) is 5.82 Å². The molecule has 4 rings (SSSR count). The van der Waals surface area contributed by atoms with Crippen molar-refractivity contribution in [1.29, 1.82) is 0 Å². The van der Waals surface area contributed by atoms with Crippen LogP contribution in [-0.2, 0) is 7.05 Å². The molecular formula is C17H15N5O. The van der Waals surface area contributed by atoms with Crippen LogP contribution in [0.25, 0.3) is 11.1 Å². The summed E-state index contributed by atoms with van der Waals surface area (Å²) in [5.74, 6) is 0.483. The highest BCUT2D eigenvalue weighted by Gasteiger charge is 2.25. The number of fused-ring (bicyclic) bond motifs is 1. The molecule has 1 aromatic carbocycles. The molecule has 0 fully saturated rings. The molecule has 114 valence electrons. The van der Waals surface area contributed by atoms with E-state index >= 15 is 0 Å². The van der Waals surface area contributed by atoms with E-state index in [1.807, 2.05) is 43.7 Å². The molecule has 23 heavy (non-hydrogen) atoms. The van der Waals surface area contributed by atoms with Crippen LogP contribution < -0.4 is 10.6 Å². The van der Waals surface area contributed by atoms with E-state index in [1.165, 1.54) is 0 Å². The summed E-state index contributed by atoms with van der Waals surface area (Å²) in [5, 5.41) is 10.4. The first kappa shape index (κ1) is 13.5. The maximum absolute atomic E-state index is 12.2. The molecule has 1 aliphatic heterocycles. The van der Waals surface area contributed by atoms with Gasteiger partial charge in [-0.25, -0.2) is 4.98 Å². The van der Waals surface area contributed by atoms with Crippen LogP contribution in [0.5, 0.6) is 0 Å². The smallest absolute Gasteiger partial charge is 0.256 e. The second-order valence-electron chi connectivity index (χ2n) is 5.48. The minimum Gasteiger partial charge on any atom is -0.346 e. The molecule has 1 aliphatic rings. The van der Waals surface area contributed by atoms with Crippen molar-refractivity contribution in [2.75, 3.05) is 5.32 Å². The second kappa shape index (κ2) is 5.24. The fourth-order valence-corrected chi connectivity index (χ4v) is 2.72. The van der Waals surface area contributed by atoms with Gasteiger partial charge in [0.2, 0.25) is 0 Å². The molecule has 0 saturated heterocycles. The predicted molar refractivity (Wildman–Crippen MR) is 86.7 cm³/mol. The highest BCUT2D eigenvalue weighted by molar-refractivity contribution is 6.00. The van der Waals surface area contributed by atoms with E-state index < -0.39 is 0 Å².